The number of ether oxygens (including phenoxy) is 1. The Balaban J connectivity index is 1.50. The van der Waals surface area contributed by atoms with Gasteiger partial charge in [0.1, 0.15) is 0 Å². The van der Waals surface area contributed by atoms with E-state index in [0.29, 0.717) is 6.10 Å². The van der Waals surface area contributed by atoms with Gasteiger partial charge in [0.2, 0.25) is 0 Å². The highest BCUT2D eigenvalue weighted by Gasteiger charge is 2.67. The van der Waals surface area contributed by atoms with Crippen molar-refractivity contribution >= 4 is 0 Å². The summed E-state index contributed by atoms with van der Waals surface area (Å²) in [6, 6.07) is 0. The van der Waals surface area contributed by atoms with Gasteiger partial charge in [0.15, 0.2) is 0 Å². The van der Waals surface area contributed by atoms with Crippen molar-refractivity contribution in [1.29, 1.82) is 0 Å². The molecule has 0 radical (unpaired) electrons. The lowest BCUT2D eigenvalue weighted by Crippen LogP contribution is -2.39. The first kappa shape index (κ1) is 9.83. The first-order valence-corrected chi connectivity index (χ1v) is 7.87. The van der Waals surface area contributed by atoms with Crippen molar-refractivity contribution < 1.29 is 4.74 Å². The Morgan fingerprint density at radius 1 is 0.765 bits per heavy atom. The molecule has 4 aliphatic carbocycles. The average Bonchev–Trinajstić information content (AvgIpc) is 2.71. The van der Waals surface area contributed by atoms with E-state index in [1.807, 2.05) is 0 Å². The minimum atomic E-state index is 0.692. The molecule has 5 rings (SSSR count). The fourth-order valence-corrected chi connectivity index (χ4v) is 7.01. The van der Waals surface area contributed by atoms with Crippen LogP contribution >= 0.6 is 0 Å². The molecule has 17 heavy (non-hydrogen) atoms. The molecule has 0 aromatic heterocycles. The van der Waals surface area contributed by atoms with E-state index < -0.39 is 0 Å². The molecule has 1 nitrogen and oxygen atoms in total. The lowest BCUT2D eigenvalue weighted by atomic mass is 9.62. The van der Waals surface area contributed by atoms with Gasteiger partial charge in [-0.1, -0.05) is 13.8 Å². The maximum Gasteiger partial charge on any atom is 0.0840 e. The maximum absolute atomic E-state index is 5.62. The summed E-state index contributed by atoms with van der Waals surface area (Å²) in [7, 11) is 0. The number of fused-ring (bicyclic) bond motifs is 9. The minimum absolute atomic E-state index is 0.692. The van der Waals surface area contributed by atoms with E-state index in [2.05, 4.69) is 13.8 Å². The second-order valence-electron chi connectivity index (χ2n) is 7.87. The highest BCUT2D eigenvalue weighted by atomic mass is 16.6. The van der Waals surface area contributed by atoms with Crippen LogP contribution in [0.25, 0.3) is 0 Å². The van der Waals surface area contributed by atoms with Gasteiger partial charge in [0.05, 0.1) is 12.7 Å². The van der Waals surface area contributed by atoms with Crippen LogP contribution in [0.5, 0.6) is 0 Å². The van der Waals surface area contributed by atoms with E-state index in [1.54, 1.807) is 12.8 Å². The van der Waals surface area contributed by atoms with Gasteiger partial charge in [-0.15, -0.1) is 0 Å². The van der Waals surface area contributed by atoms with Gasteiger partial charge >= 0.3 is 0 Å². The Kier molecular flexibility index (Phi) is 1.69. The third-order valence-corrected chi connectivity index (χ3v) is 7.73. The van der Waals surface area contributed by atoms with Crippen molar-refractivity contribution in [3.8, 4) is 0 Å². The zero-order valence-corrected chi connectivity index (χ0v) is 11.0. The van der Waals surface area contributed by atoms with Gasteiger partial charge in [-0.05, 0) is 72.5 Å². The first-order chi connectivity index (χ1) is 8.25. The van der Waals surface area contributed by atoms with Crippen LogP contribution in [0.2, 0.25) is 0 Å². The van der Waals surface area contributed by atoms with Crippen LogP contribution in [0.1, 0.15) is 33.1 Å². The molecule has 10 unspecified atom stereocenters. The summed E-state index contributed by atoms with van der Waals surface area (Å²) >= 11 is 0. The molecule has 4 bridgehead atoms. The molecule has 0 aromatic rings. The topological polar surface area (TPSA) is 12.5 Å². The Hall–Kier alpha value is -0.0400. The SMILES string of the molecule is CC1C(C)C2CC1C1C3CC(C4CO4)C(C3)C21. The van der Waals surface area contributed by atoms with Crippen molar-refractivity contribution in [2.45, 2.75) is 39.2 Å². The molecule has 10 atom stereocenters. The molecule has 0 aromatic carbocycles. The van der Waals surface area contributed by atoms with E-state index in [0.717, 1.165) is 59.9 Å². The van der Waals surface area contributed by atoms with Crippen LogP contribution < -0.4 is 0 Å². The van der Waals surface area contributed by atoms with Crippen LogP contribution in [0.3, 0.4) is 0 Å². The Labute approximate surface area is 104 Å². The smallest absolute Gasteiger partial charge is 0.0840 e. The highest BCUT2D eigenvalue weighted by Crippen LogP contribution is 2.72. The molecule has 4 saturated carbocycles. The van der Waals surface area contributed by atoms with Crippen molar-refractivity contribution in [2.75, 3.05) is 6.61 Å². The Bertz CT molecular complexity index is 361. The van der Waals surface area contributed by atoms with E-state index in [1.165, 1.54) is 6.42 Å². The van der Waals surface area contributed by atoms with Crippen LogP contribution in [0.15, 0.2) is 0 Å². The van der Waals surface area contributed by atoms with Crippen LogP contribution in [0.4, 0.5) is 0 Å². The number of hydrogen-bond acceptors (Lipinski definition) is 1. The lowest BCUT2D eigenvalue weighted by Gasteiger charge is -2.43. The lowest BCUT2D eigenvalue weighted by molar-refractivity contribution is 0.0389. The maximum atomic E-state index is 5.62. The summed E-state index contributed by atoms with van der Waals surface area (Å²) in [5.74, 6) is 9.66. The molecule has 5 fully saturated rings. The van der Waals surface area contributed by atoms with Crippen LogP contribution in [-0.4, -0.2) is 12.7 Å². The molecule has 1 heterocycles. The van der Waals surface area contributed by atoms with Gasteiger partial charge in [-0.25, -0.2) is 0 Å². The van der Waals surface area contributed by atoms with E-state index in [4.69, 9.17) is 4.74 Å². The minimum Gasteiger partial charge on any atom is -0.373 e. The molecule has 0 N–H and O–H groups in total. The van der Waals surface area contributed by atoms with Crippen molar-refractivity contribution in [2.24, 2.45) is 53.3 Å². The van der Waals surface area contributed by atoms with Gasteiger partial charge < -0.3 is 4.74 Å². The summed E-state index contributed by atoms with van der Waals surface area (Å²) in [5, 5.41) is 0. The van der Waals surface area contributed by atoms with Gasteiger partial charge in [0.25, 0.3) is 0 Å². The highest BCUT2D eigenvalue weighted by molar-refractivity contribution is 5.15. The zero-order valence-electron chi connectivity index (χ0n) is 11.0. The van der Waals surface area contributed by atoms with Crippen LogP contribution in [0, 0.1) is 53.3 Å². The van der Waals surface area contributed by atoms with Crippen molar-refractivity contribution in [3.05, 3.63) is 0 Å². The standard InChI is InChI=1S/C16H24O/c1-7-8(2)11-5-10(7)15-9-3-12(14-6-17-14)13(4-9)16(11)15/h7-16H,3-6H2,1-2H3. The average molecular weight is 232 g/mol. The molecule has 1 saturated heterocycles. The number of rotatable bonds is 1. The van der Waals surface area contributed by atoms with Crippen molar-refractivity contribution in [3.63, 3.8) is 0 Å². The monoisotopic (exact) mass is 232 g/mol. The first-order valence-electron chi connectivity index (χ1n) is 7.87. The van der Waals surface area contributed by atoms with Crippen LogP contribution in [-0.2, 0) is 4.74 Å². The van der Waals surface area contributed by atoms with Gasteiger partial charge in [-0.2, -0.15) is 0 Å². The fraction of sp³-hybridized carbons (Fsp3) is 1.00. The number of hydrogen-bond donors (Lipinski definition) is 0. The summed E-state index contributed by atoms with van der Waals surface area (Å²) in [5.41, 5.74) is 0. The summed E-state index contributed by atoms with van der Waals surface area (Å²) in [4.78, 5) is 0. The normalized spacial score (nSPS) is 70.9. The largest absolute Gasteiger partial charge is 0.373 e. The Morgan fingerprint density at radius 2 is 1.41 bits per heavy atom. The van der Waals surface area contributed by atoms with Gasteiger partial charge in [-0.3, -0.25) is 0 Å². The molecular weight excluding hydrogens is 208 g/mol. The third kappa shape index (κ3) is 1.03. The molecular formula is C16H24O. The third-order valence-electron chi connectivity index (χ3n) is 7.73. The second kappa shape index (κ2) is 2.92. The molecule has 1 aliphatic heterocycles. The molecule has 0 spiro atoms. The Morgan fingerprint density at radius 3 is 2.12 bits per heavy atom. The molecule has 94 valence electrons. The summed E-state index contributed by atoms with van der Waals surface area (Å²) in [6.45, 7) is 6.17. The zero-order chi connectivity index (χ0) is 11.3. The second-order valence-corrected chi connectivity index (χ2v) is 7.87. The quantitative estimate of drug-likeness (QED) is 0.499. The van der Waals surface area contributed by atoms with E-state index >= 15 is 0 Å². The predicted octanol–water partition coefficient (Wildman–Crippen LogP) is 3.20. The van der Waals surface area contributed by atoms with E-state index in [9.17, 15) is 0 Å². The summed E-state index contributed by atoms with van der Waals surface area (Å²) in [6.07, 6.45) is 5.38. The fourth-order valence-electron chi connectivity index (χ4n) is 7.01. The van der Waals surface area contributed by atoms with Crippen molar-refractivity contribution in [1.82, 2.24) is 0 Å². The van der Waals surface area contributed by atoms with Gasteiger partial charge in [0, 0.05) is 0 Å². The summed E-state index contributed by atoms with van der Waals surface area (Å²) < 4.78 is 5.62. The number of epoxide rings is 1. The molecule has 0 amide bonds. The van der Waals surface area contributed by atoms with E-state index in [-0.39, 0.29) is 0 Å². The predicted molar refractivity (Wildman–Crippen MR) is 66.3 cm³/mol. The molecule has 1 heteroatoms. The molecule has 5 aliphatic rings.